The number of carbonyl (C=O) groups excluding carboxylic acids is 1. The monoisotopic (exact) mass is 493 g/mol. The first-order valence-electron chi connectivity index (χ1n) is 9.19. The molecule has 28 heavy (non-hydrogen) atoms. The van der Waals surface area contributed by atoms with E-state index in [9.17, 15) is 4.79 Å². The highest BCUT2D eigenvalue weighted by molar-refractivity contribution is 14.1. The zero-order chi connectivity index (χ0) is 20.1. The maximum atomic E-state index is 12.4. The highest BCUT2D eigenvalue weighted by Crippen LogP contribution is 2.39. The fourth-order valence-electron chi connectivity index (χ4n) is 3.05. The standard InChI is InChI=1S/C22H24INO4/c1-14(2)28-22(25)18-12-17-16(9-10-23)11-19(21(26-3)20(17)24-18)27-13-15-7-5-4-6-8-15/h4-8,11-12,14,24H,9-10,13H2,1-3H3. The third-order valence-corrected chi connectivity index (χ3v) is 4.83. The summed E-state index contributed by atoms with van der Waals surface area (Å²) in [4.78, 5) is 15.5. The summed E-state index contributed by atoms with van der Waals surface area (Å²) in [7, 11) is 1.61. The molecule has 1 aromatic heterocycles. The van der Waals surface area contributed by atoms with Crippen LogP contribution in [0.1, 0.15) is 35.5 Å². The second-order valence-corrected chi connectivity index (χ2v) is 7.78. The van der Waals surface area contributed by atoms with Gasteiger partial charge in [0.25, 0.3) is 0 Å². The molecule has 0 amide bonds. The van der Waals surface area contributed by atoms with Crippen molar-refractivity contribution in [2.24, 2.45) is 0 Å². The quantitative estimate of drug-likeness (QED) is 0.263. The van der Waals surface area contributed by atoms with Crippen LogP contribution in [0.5, 0.6) is 11.5 Å². The first-order valence-corrected chi connectivity index (χ1v) is 10.7. The Labute approximate surface area is 178 Å². The summed E-state index contributed by atoms with van der Waals surface area (Å²) in [6, 6.07) is 13.8. The maximum Gasteiger partial charge on any atom is 0.355 e. The summed E-state index contributed by atoms with van der Waals surface area (Å²) in [5.74, 6) is 0.872. The predicted octanol–water partition coefficient (Wildman–Crippen LogP) is 5.30. The molecule has 0 radical (unpaired) electrons. The summed E-state index contributed by atoms with van der Waals surface area (Å²) < 4.78 is 18.0. The van der Waals surface area contributed by atoms with E-state index in [1.807, 2.05) is 56.3 Å². The van der Waals surface area contributed by atoms with Crippen LogP contribution in [0, 0.1) is 0 Å². The Bertz CT molecular complexity index is 950. The summed E-state index contributed by atoms with van der Waals surface area (Å²) in [6.45, 7) is 4.10. The Kier molecular flexibility index (Phi) is 6.83. The SMILES string of the molecule is COc1c(OCc2ccccc2)cc(CCI)c2cc(C(=O)OC(C)C)[nH]c12. The number of rotatable bonds is 8. The van der Waals surface area contributed by atoms with Gasteiger partial charge in [0.05, 0.1) is 18.7 Å². The number of carbonyl (C=O) groups is 1. The molecule has 148 valence electrons. The molecule has 3 rings (SSSR count). The zero-order valence-electron chi connectivity index (χ0n) is 16.3. The van der Waals surface area contributed by atoms with Gasteiger partial charge in [-0.15, -0.1) is 0 Å². The number of halogens is 1. The van der Waals surface area contributed by atoms with E-state index in [0.29, 0.717) is 23.8 Å². The maximum absolute atomic E-state index is 12.4. The van der Waals surface area contributed by atoms with Crippen molar-refractivity contribution in [3.63, 3.8) is 0 Å². The van der Waals surface area contributed by atoms with Crippen LogP contribution in [0.3, 0.4) is 0 Å². The van der Waals surface area contributed by atoms with Crippen LogP contribution in [0.15, 0.2) is 42.5 Å². The lowest BCUT2D eigenvalue weighted by atomic mass is 10.1. The number of fused-ring (bicyclic) bond motifs is 1. The van der Waals surface area contributed by atoms with E-state index in [0.717, 1.165) is 32.9 Å². The Balaban J connectivity index is 2.02. The van der Waals surface area contributed by atoms with Gasteiger partial charge in [0, 0.05) is 9.81 Å². The van der Waals surface area contributed by atoms with Gasteiger partial charge in [0.1, 0.15) is 12.3 Å². The summed E-state index contributed by atoms with van der Waals surface area (Å²) >= 11 is 2.35. The lowest BCUT2D eigenvalue weighted by Crippen LogP contribution is -2.11. The lowest BCUT2D eigenvalue weighted by Gasteiger charge is -2.14. The Morgan fingerprint density at radius 1 is 1.18 bits per heavy atom. The van der Waals surface area contributed by atoms with E-state index in [4.69, 9.17) is 14.2 Å². The van der Waals surface area contributed by atoms with Gasteiger partial charge in [-0.1, -0.05) is 52.9 Å². The number of H-pyrrole nitrogens is 1. The number of benzene rings is 2. The molecular formula is C22H24INO4. The van der Waals surface area contributed by atoms with Crippen LogP contribution < -0.4 is 9.47 Å². The number of hydrogen-bond acceptors (Lipinski definition) is 4. The molecule has 2 aromatic carbocycles. The van der Waals surface area contributed by atoms with Gasteiger partial charge in [-0.3, -0.25) is 0 Å². The first kappa shape index (κ1) is 20.5. The molecule has 0 atom stereocenters. The van der Waals surface area contributed by atoms with Gasteiger partial charge in [-0.25, -0.2) is 4.79 Å². The van der Waals surface area contributed by atoms with E-state index >= 15 is 0 Å². The molecule has 0 aliphatic heterocycles. The molecule has 1 N–H and O–H groups in total. The van der Waals surface area contributed by atoms with Crippen molar-refractivity contribution >= 4 is 39.5 Å². The van der Waals surface area contributed by atoms with Crippen molar-refractivity contribution in [2.45, 2.75) is 33.0 Å². The second kappa shape index (κ2) is 9.32. The summed E-state index contributed by atoms with van der Waals surface area (Å²) in [5, 5.41) is 0.955. The minimum absolute atomic E-state index is 0.181. The minimum atomic E-state index is -0.375. The number of hydrogen-bond donors (Lipinski definition) is 1. The molecule has 0 fully saturated rings. The summed E-state index contributed by atoms with van der Waals surface area (Å²) in [5.41, 5.74) is 3.35. The van der Waals surface area contributed by atoms with E-state index in [1.54, 1.807) is 7.11 Å². The van der Waals surface area contributed by atoms with Crippen LogP contribution in [-0.2, 0) is 17.8 Å². The number of ether oxygens (including phenoxy) is 3. The minimum Gasteiger partial charge on any atom is -0.491 e. The van der Waals surface area contributed by atoms with Crippen molar-refractivity contribution in [3.05, 3.63) is 59.3 Å². The van der Waals surface area contributed by atoms with Crippen LogP contribution in [0.4, 0.5) is 0 Å². The van der Waals surface area contributed by atoms with Crippen molar-refractivity contribution < 1.29 is 19.0 Å². The van der Waals surface area contributed by atoms with Crippen molar-refractivity contribution in [3.8, 4) is 11.5 Å². The first-order chi connectivity index (χ1) is 13.5. The largest absolute Gasteiger partial charge is 0.491 e. The van der Waals surface area contributed by atoms with Crippen molar-refractivity contribution in [1.82, 2.24) is 4.98 Å². The van der Waals surface area contributed by atoms with E-state index in [-0.39, 0.29) is 12.1 Å². The number of esters is 1. The van der Waals surface area contributed by atoms with Gasteiger partial charge >= 0.3 is 5.97 Å². The fraction of sp³-hybridized carbons (Fsp3) is 0.318. The van der Waals surface area contributed by atoms with Gasteiger partial charge in [0.2, 0.25) is 0 Å². The van der Waals surface area contributed by atoms with E-state index < -0.39 is 0 Å². The normalized spacial score (nSPS) is 11.0. The second-order valence-electron chi connectivity index (χ2n) is 6.71. The number of aromatic amines is 1. The molecular weight excluding hydrogens is 469 g/mol. The number of aromatic nitrogens is 1. The number of methoxy groups -OCH3 is 1. The molecule has 0 saturated carbocycles. The molecule has 0 aliphatic carbocycles. The average Bonchev–Trinajstić information content (AvgIpc) is 3.12. The highest BCUT2D eigenvalue weighted by Gasteiger charge is 2.20. The van der Waals surface area contributed by atoms with E-state index in [2.05, 4.69) is 27.6 Å². The molecule has 3 aromatic rings. The number of alkyl halides is 1. The molecule has 0 aliphatic rings. The van der Waals surface area contributed by atoms with Gasteiger partial charge in [0.15, 0.2) is 11.5 Å². The van der Waals surface area contributed by atoms with Crippen molar-refractivity contribution in [1.29, 1.82) is 0 Å². The lowest BCUT2D eigenvalue weighted by molar-refractivity contribution is 0.0372. The molecule has 0 bridgehead atoms. The Hall–Kier alpha value is -2.22. The molecule has 0 saturated heterocycles. The topological polar surface area (TPSA) is 60.6 Å². The van der Waals surface area contributed by atoms with Crippen LogP contribution in [0.25, 0.3) is 10.9 Å². The molecule has 5 nitrogen and oxygen atoms in total. The van der Waals surface area contributed by atoms with Crippen LogP contribution >= 0.6 is 22.6 Å². The third kappa shape index (κ3) is 4.60. The van der Waals surface area contributed by atoms with Gasteiger partial charge < -0.3 is 19.2 Å². The number of nitrogens with one attached hydrogen (secondary N) is 1. The van der Waals surface area contributed by atoms with E-state index in [1.165, 1.54) is 0 Å². The number of aryl methyl sites for hydroxylation is 1. The van der Waals surface area contributed by atoms with Gasteiger partial charge in [-0.05, 0) is 43.5 Å². The van der Waals surface area contributed by atoms with Crippen LogP contribution in [0.2, 0.25) is 0 Å². The highest BCUT2D eigenvalue weighted by atomic mass is 127. The molecule has 6 heteroatoms. The Morgan fingerprint density at radius 3 is 2.57 bits per heavy atom. The average molecular weight is 493 g/mol. The molecule has 1 heterocycles. The zero-order valence-corrected chi connectivity index (χ0v) is 18.4. The Morgan fingerprint density at radius 2 is 1.93 bits per heavy atom. The molecule has 0 unspecified atom stereocenters. The van der Waals surface area contributed by atoms with Crippen LogP contribution in [-0.4, -0.2) is 28.6 Å². The van der Waals surface area contributed by atoms with Crippen molar-refractivity contribution in [2.75, 3.05) is 11.5 Å². The summed E-state index contributed by atoms with van der Waals surface area (Å²) in [6.07, 6.45) is 0.679. The third-order valence-electron chi connectivity index (χ3n) is 4.29. The molecule has 0 spiro atoms. The van der Waals surface area contributed by atoms with Gasteiger partial charge in [-0.2, -0.15) is 0 Å². The predicted molar refractivity (Wildman–Crippen MR) is 119 cm³/mol. The fourth-order valence-corrected chi connectivity index (χ4v) is 3.63. The smallest absolute Gasteiger partial charge is 0.355 e.